The summed E-state index contributed by atoms with van der Waals surface area (Å²) in [5, 5.41) is 5.59. The molecule has 0 aromatic heterocycles. The predicted molar refractivity (Wildman–Crippen MR) is 104 cm³/mol. The molecule has 1 rings (SSSR count). The fourth-order valence-electron chi connectivity index (χ4n) is 1.92. The number of guanidine groups is 1. The third-order valence-corrected chi connectivity index (χ3v) is 2.84. The number of hydrogen-bond acceptors (Lipinski definition) is 2. The minimum Gasteiger partial charge on any atom is -0.488 e. The lowest BCUT2D eigenvalue weighted by Gasteiger charge is -2.23. The van der Waals surface area contributed by atoms with E-state index in [1.54, 1.807) is 20.8 Å². The van der Waals surface area contributed by atoms with E-state index in [0.29, 0.717) is 5.96 Å². The van der Waals surface area contributed by atoms with Crippen LogP contribution >= 0.6 is 24.0 Å². The minimum atomic E-state index is -4.48. The van der Waals surface area contributed by atoms with Crippen LogP contribution < -0.4 is 15.4 Å². The highest BCUT2D eigenvalue weighted by molar-refractivity contribution is 14.0. The summed E-state index contributed by atoms with van der Waals surface area (Å²) in [5.74, 6) is 2.87. The van der Waals surface area contributed by atoms with Gasteiger partial charge in [-0.05, 0) is 38.5 Å². The van der Waals surface area contributed by atoms with E-state index >= 15 is 0 Å². The van der Waals surface area contributed by atoms with Crippen molar-refractivity contribution in [2.45, 2.75) is 39.1 Å². The van der Waals surface area contributed by atoms with Crippen molar-refractivity contribution >= 4 is 29.9 Å². The number of benzene rings is 1. The summed E-state index contributed by atoms with van der Waals surface area (Å²) in [5.41, 5.74) is -1.24. The molecule has 1 aromatic carbocycles. The van der Waals surface area contributed by atoms with Crippen LogP contribution in [0.25, 0.3) is 0 Å². The molecule has 0 fully saturated rings. The first-order chi connectivity index (χ1) is 11.1. The van der Waals surface area contributed by atoms with E-state index in [4.69, 9.17) is 11.2 Å². The van der Waals surface area contributed by atoms with E-state index in [-0.39, 0.29) is 48.4 Å². The van der Waals surface area contributed by atoms with Gasteiger partial charge in [0.25, 0.3) is 0 Å². The van der Waals surface area contributed by atoms with Gasteiger partial charge in [0.2, 0.25) is 0 Å². The highest BCUT2D eigenvalue weighted by Gasteiger charge is 2.34. The summed E-state index contributed by atoms with van der Waals surface area (Å²) < 4.78 is 45.5. The van der Waals surface area contributed by atoms with Crippen LogP contribution in [0.1, 0.15) is 31.9 Å². The molecular weight excluding hydrogens is 446 g/mol. The van der Waals surface area contributed by atoms with Gasteiger partial charge in [-0.2, -0.15) is 13.2 Å². The van der Waals surface area contributed by atoms with E-state index in [1.807, 2.05) is 0 Å². The minimum absolute atomic E-state index is 0. The van der Waals surface area contributed by atoms with E-state index in [2.05, 4.69) is 21.5 Å². The molecule has 0 radical (unpaired) electrons. The second-order valence-corrected chi connectivity index (χ2v) is 6.01. The monoisotopic (exact) mass is 469 g/mol. The molecule has 2 N–H and O–H groups in total. The van der Waals surface area contributed by atoms with Crippen molar-refractivity contribution in [1.29, 1.82) is 0 Å². The highest BCUT2D eigenvalue weighted by Crippen LogP contribution is 2.35. The average Bonchev–Trinajstić information content (AvgIpc) is 2.46. The van der Waals surface area contributed by atoms with Crippen LogP contribution in [0.2, 0.25) is 0 Å². The Labute approximate surface area is 163 Å². The lowest BCUT2D eigenvalue weighted by molar-refractivity contribution is -0.138. The van der Waals surface area contributed by atoms with Crippen molar-refractivity contribution in [1.82, 2.24) is 10.6 Å². The summed E-state index contributed by atoms with van der Waals surface area (Å²) in [6, 6.07) is 3.93. The molecule has 0 unspecified atom stereocenters. The summed E-state index contributed by atoms with van der Waals surface area (Å²) in [6.45, 7) is 5.50. The van der Waals surface area contributed by atoms with Crippen molar-refractivity contribution in [3.05, 3.63) is 29.3 Å². The second kappa shape index (κ2) is 9.75. The number of aliphatic imine (C=N–C) groups is 1. The number of terminal acetylenes is 1. The molecule has 4 nitrogen and oxygen atoms in total. The summed E-state index contributed by atoms with van der Waals surface area (Å²) in [6.07, 6.45) is 0.647. The van der Waals surface area contributed by atoms with Gasteiger partial charge in [-0.1, -0.05) is 12.0 Å². The zero-order chi connectivity index (χ0) is 18.4. The molecule has 25 heavy (non-hydrogen) atoms. The Balaban J connectivity index is 0.00000576. The third kappa shape index (κ3) is 8.34. The summed E-state index contributed by atoms with van der Waals surface area (Å²) in [4.78, 5) is 3.89. The lowest BCUT2D eigenvalue weighted by atomic mass is 10.1. The molecule has 0 bridgehead atoms. The molecule has 1 aromatic rings. The van der Waals surface area contributed by atoms with Crippen molar-refractivity contribution in [2.24, 2.45) is 4.99 Å². The molecule has 8 heteroatoms. The standard InChI is InChI=1S/C17H22F3N3O.HI/c1-6-9-22-15(21-5)23-11-12-7-8-13(24-16(2,3)4)10-14(12)17(18,19)20;/h1,7-8,10H,9,11H2,2-5H3,(H2,21,22,23);1H. The van der Waals surface area contributed by atoms with Gasteiger partial charge in [0.05, 0.1) is 12.1 Å². The molecule has 0 aliphatic heterocycles. The largest absolute Gasteiger partial charge is 0.488 e. The van der Waals surface area contributed by atoms with Crippen LogP contribution in [0.15, 0.2) is 23.2 Å². The molecule has 0 aliphatic carbocycles. The number of rotatable bonds is 4. The van der Waals surface area contributed by atoms with Crippen LogP contribution in [-0.4, -0.2) is 25.2 Å². The Kier molecular flexibility index (Phi) is 9.11. The SMILES string of the molecule is C#CCNC(=NC)NCc1ccc(OC(C)(C)C)cc1C(F)(F)F.I. The lowest BCUT2D eigenvalue weighted by Crippen LogP contribution is -2.37. The average molecular weight is 469 g/mol. The van der Waals surface area contributed by atoms with Crippen molar-refractivity contribution in [2.75, 3.05) is 13.6 Å². The Morgan fingerprint density at radius 2 is 1.88 bits per heavy atom. The number of halogens is 4. The van der Waals surface area contributed by atoms with Crippen LogP contribution in [0.5, 0.6) is 5.75 Å². The van der Waals surface area contributed by atoms with Crippen LogP contribution in [0.3, 0.4) is 0 Å². The molecule has 0 amide bonds. The van der Waals surface area contributed by atoms with Crippen molar-refractivity contribution in [3.63, 3.8) is 0 Å². The summed E-state index contributed by atoms with van der Waals surface area (Å²) >= 11 is 0. The maximum absolute atomic E-state index is 13.3. The van der Waals surface area contributed by atoms with E-state index < -0.39 is 17.3 Å². The third-order valence-electron chi connectivity index (χ3n) is 2.84. The van der Waals surface area contributed by atoms with Gasteiger partial charge in [0.15, 0.2) is 5.96 Å². The van der Waals surface area contributed by atoms with Gasteiger partial charge >= 0.3 is 6.18 Å². The fraction of sp³-hybridized carbons (Fsp3) is 0.471. The maximum atomic E-state index is 13.3. The first-order valence-electron chi connectivity index (χ1n) is 7.34. The van der Waals surface area contributed by atoms with E-state index in [0.717, 1.165) is 6.07 Å². The fourth-order valence-corrected chi connectivity index (χ4v) is 1.92. The quantitative estimate of drug-likeness (QED) is 0.305. The molecule has 0 heterocycles. The van der Waals surface area contributed by atoms with Crippen LogP contribution in [-0.2, 0) is 12.7 Å². The van der Waals surface area contributed by atoms with Gasteiger partial charge < -0.3 is 15.4 Å². The molecule has 140 valence electrons. The topological polar surface area (TPSA) is 45.7 Å². The Morgan fingerprint density at radius 3 is 2.36 bits per heavy atom. The second-order valence-electron chi connectivity index (χ2n) is 6.01. The molecule has 0 spiro atoms. The Hall–Kier alpha value is -1.63. The number of alkyl halides is 3. The highest BCUT2D eigenvalue weighted by atomic mass is 127. The number of ether oxygens (including phenoxy) is 1. The molecule has 0 saturated carbocycles. The van der Waals surface area contributed by atoms with Gasteiger partial charge in [-0.25, -0.2) is 0 Å². The number of nitrogens with zero attached hydrogens (tertiary/aromatic N) is 1. The van der Waals surface area contributed by atoms with Gasteiger partial charge in [-0.15, -0.1) is 30.4 Å². The predicted octanol–water partition coefficient (Wildman–Crippen LogP) is 3.80. The zero-order valence-electron chi connectivity index (χ0n) is 14.6. The Morgan fingerprint density at radius 1 is 1.24 bits per heavy atom. The van der Waals surface area contributed by atoms with Crippen LogP contribution in [0.4, 0.5) is 13.2 Å². The van der Waals surface area contributed by atoms with Gasteiger partial charge in [0.1, 0.15) is 11.4 Å². The smallest absolute Gasteiger partial charge is 0.416 e. The number of hydrogen-bond donors (Lipinski definition) is 2. The summed E-state index contributed by atoms with van der Waals surface area (Å²) in [7, 11) is 1.51. The van der Waals surface area contributed by atoms with Gasteiger partial charge in [-0.3, -0.25) is 4.99 Å². The normalized spacial score (nSPS) is 12.0. The Bertz CT molecular complexity index is 631. The van der Waals surface area contributed by atoms with Crippen molar-refractivity contribution in [3.8, 4) is 18.1 Å². The van der Waals surface area contributed by atoms with E-state index in [9.17, 15) is 13.2 Å². The molecule has 0 saturated heterocycles. The molecule has 0 atom stereocenters. The van der Waals surface area contributed by atoms with E-state index in [1.165, 1.54) is 19.2 Å². The first kappa shape index (κ1) is 23.4. The zero-order valence-corrected chi connectivity index (χ0v) is 17.0. The first-order valence-corrected chi connectivity index (χ1v) is 7.34. The molecular formula is C17H23F3IN3O. The molecule has 0 aliphatic rings. The number of nitrogens with one attached hydrogen (secondary N) is 2. The maximum Gasteiger partial charge on any atom is 0.416 e. The van der Waals surface area contributed by atoms with Crippen molar-refractivity contribution < 1.29 is 17.9 Å². The van der Waals surface area contributed by atoms with Crippen LogP contribution in [0, 0.1) is 12.3 Å². The van der Waals surface area contributed by atoms with Gasteiger partial charge in [0, 0.05) is 13.6 Å².